The molecule has 0 saturated heterocycles. The van der Waals surface area contributed by atoms with Crippen LogP contribution >= 0.6 is 0 Å². The zero-order valence-electron chi connectivity index (χ0n) is 9.56. The van der Waals surface area contributed by atoms with Gasteiger partial charge in [-0.2, -0.15) is 0 Å². The predicted molar refractivity (Wildman–Crippen MR) is 61.3 cm³/mol. The van der Waals surface area contributed by atoms with Gasteiger partial charge in [0, 0.05) is 7.05 Å². The summed E-state index contributed by atoms with van der Waals surface area (Å²) in [6.07, 6.45) is 0.242. The molecule has 4 nitrogen and oxygen atoms in total. The van der Waals surface area contributed by atoms with Crippen molar-refractivity contribution in [2.45, 2.75) is 19.4 Å². The Morgan fingerprint density at radius 3 is 2.56 bits per heavy atom. The maximum Gasteiger partial charge on any atom is 0.257 e. The minimum Gasteiger partial charge on any atom is -0.484 e. The Balaban J connectivity index is 2.54. The lowest BCUT2D eigenvalue weighted by molar-refractivity contribution is -0.122. The molecule has 0 spiro atoms. The van der Waals surface area contributed by atoms with E-state index >= 15 is 0 Å². The first-order valence-electron chi connectivity index (χ1n) is 5.28. The number of carbonyl (C=O) groups is 1. The van der Waals surface area contributed by atoms with Crippen LogP contribution in [0.15, 0.2) is 24.3 Å². The molecular weight excluding hydrogens is 206 g/mol. The van der Waals surface area contributed by atoms with E-state index < -0.39 is 6.10 Å². The molecule has 0 saturated carbocycles. The number of aliphatic hydroxyl groups excluding tert-OH is 1. The first-order valence-corrected chi connectivity index (χ1v) is 5.28. The maximum absolute atomic E-state index is 10.9. The zero-order valence-corrected chi connectivity index (χ0v) is 9.56. The SMILES string of the molecule is CC[C@H](O)c1ccc(OCC(=O)NC)cc1. The van der Waals surface area contributed by atoms with Crippen molar-refractivity contribution in [1.29, 1.82) is 0 Å². The van der Waals surface area contributed by atoms with Crippen LogP contribution in [0.2, 0.25) is 0 Å². The van der Waals surface area contributed by atoms with Gasteiger partial charge in [0.05, 0.1) is 6.10 Å². The fraction of sp³-hybridized carbons (Fsp3) is 0.417. The molecule has 1 aromatic carbocycles. The molecule has 0 aromatic heterocycles. The lowest BCUT2D eigenvalue weighted by Crippen LogP contribution is -2.24. The third-order valence-corrected chi connectivity index (χ3v) is 2.30. The zero-order chi connectivity index (χ0) is 12.0. The molecule has 1 amide bonds. The topological polar surface area (TPSA) is 58.6 Å². The van der Waals surface area contributed by atoms with Gasteiger partial charge in [-0.3, -0.25) is 4.79 Å². The quantitative estimate of drug-likeness (QED) is 0.790. The summed E-state index contributed by atoms with van der Waals surface area (Å²) in [5, 5.41) is 12.0. The largest absolute Gasteiger partial charge is 0.484 e. The molecule has 1 aromatic rings. The minimum absolute atomic E-state index is 0.00613. The highest BCUT2D eigenvalue weighted by Crippen LogP contribution is 2.19. The molecule has 1 atom stereocenters. The Morgan fingerprint density at radius 2 is 2.06 bits per heavy atom. The second kappa shape index (κ2) is 6.12. The molecule has 0 aliphatic carbocycles. The van der Waals surface area contributed by atoms with E-state index in [-0.39, 0.29) is 12.5 Å². The first-order chi connectivity index (χ1) is 7.67. The molecular formula is C12H17NO3. The third-order valence-electron chi connectivity index (χ3n) is 2.30. The van der Waals surface area contributed by atoms with E-state index in [1.165, 1.54) is 0 Å². The summed E-state index contributed by atoms with van der Waals surface area (Å²) in [6, 6.07) is 7.09. The summed E-state index contributed by atoms with van der Waals surface area (Å²) in [6.45, 7) is 1.92. The number of carbonyl (C=O) groups excluding carboxylic acids is 1. The number of likely N-dealkylation sites (N-methyl/N-ethyl adjacent to an activating group) is 1. The molecule has 0 heterocycles. The van der Waals surface area contributed by atoms with Crippen molar-refractivity contribution in [3.63, 3.8) is 0 Å². The van der Waals surface area contributed by atoms with Gasteiger partial charge in [0.1, 0.15) is 5.75 Å². The monoisotopic (exact) mass is 223 g/mol. The first kappa shape index (κ1) is 12.5. The highest BCUT2D eigenvalue weighted by molar-refractivity contribution is 5.77. The Kier molecular flexibility index (Phi) is 4.79. The van der Waals surface area contributed by atoms with Gasteiger partial charge in [0.15, 0.2) is 6.61 Å². The second-order valence-corrected chi connectivity index (χ2v) is 3.45. The molecule has 4 heteroatoms. The fourth-order valence-electron chi connectivity index (χ4n) is 1.24. The lowest BCUT2D eigenvalue weighted by atomic mass is 10.1. The predicted octanol–water partition coefficient (Wildman–Crippen LogP) is 1.25. The van der Waals surface area contributed by atoms with Crippen LogP contribution in [0, 0.1) is 0 Å². The summed E-state index contributed by atoms with van der Waals surface area (Å²) in [5.74, 6) is 0.452. The van der Waals surface area contributed by atoms with Crippen LogP contribution in [0.4, 0.5) is 0 Å². The number of benzene rings is 1. The van der Waals surface area contributed by atoms with Gasteiger partial charge < -0.3 is 15.2 Å². The number of hydrogen-bond donors (Lipinski definition) is 2. The van der Waals surface area contributed by atoms with Gasteiger partial charge in [-0.1, -0.05) is 19.1 Å². The number of rotatable bonds is 5. The summed E-state index contributed by atoms with van der Waals surface area (Å²) in [5.41, 5.74) is 0.856. The molecule has 0 aliphatic heterocycles. The molecule has 0 unspecified atom stereocenters. The van der Waals surface area contributed by atoms with Crippen molar-refractivity contribution >= 4 is 5.91 Å². The van der Waals surface area contributed by atoms with Gasteiger partial charge in [-0.15, -0.1) is 0 Å². The van der Waals surface area contributed by atoms with Crippen molar-refractivity contribution < 1.29 is 14.6 Å². The normalized spacial score (nSPS) is 11.9. The molecule has 16 heavy (non-hydrogen) atoms. The number of hydrogen-bond acceptors (Lipinski definition) is 3. The van der Waals surface area contributed by atoms with Crippen molar-refractivity contribution in [1.82, 2.24) is 5.32 Å². The van der Waals surface area contributed by atoms with E-state index in [2.05, 4.69) is 5.32 Å². The average Bonchev–Trinajstić information content (AvgIpc) is 2.35. The van der Waals surface area contributed by atoms with Gasteiger partial charge in [-0.05, 0) is 24.1 Å². The van der Waals surface area contributed by atoms with Crippen LogP contribution in [-0.2, 0) is 4.79 Å². The van der Waals surface area contributed by atoms with E-state index in [1.807, 2.05) is 6.92 Å². The maximum atomic E-state index is 10.9. The third kappa shape index (κ3) is 3.55. The minimum atomic E-state index is -0.437. The molecule has 1 rings (SSSR count). The Bertz CT molecular complexity index is 335. The van der Waals surface area contributed by atoms with Crippen molar-refractivity contribution in [2.75, 3.05) is 13.7 Å². The smallest absolute Gasteiger partial charge is 0.257 e. The fourth-order valence-corrected chi connectivity index (χ4v) is 1.24. The van der Waals surface area contributed by atoms with Crippen molar-refractivity contribution in [3.8, 4) is 5.75 Å². The second-order valence-electron chi connectivity index (χ2n) is 3.45. The van der Waals surface area contributed by atoms with Crippen LogP contribution < -0.4 is 10.1 Å². The van der Waals surface area contributed by atoms with Crippen LogP contribution in [-0.4, -0.2) is 24.7 Å². The summed E-state index contributed by atoms with van der Waals surface area (Å²) in [7, 11) is 1.56. The van der Waals surface area contributed by atoms with E-state index in [0.29, 0.717) is 12.2 Å². The lowest BCUT2D eigenvalue weighted by Gasteiger charge is -2.09. The van der Waals surface area contributed by atoms with Gasteiger partial charge in [0.25, 0.3) is 5.91 Å². The van der Waals surface area contributed by atoms with Crippen LogP contribution in [0.25, 0.3) is 0 Å². The highest BCUT2D eigenvalue weighted by Gasteiger charge is 2.05. The Labute approximate surface area is 95.2 Å². The van der Waals surface area contributed by atoms with Crippen molar-refractivity contribution in [2.24, 2.45) is 0 Å². The summed E-state index contributed by atoms with van der Waals surface area (Å²) < 4.78 is 5.23. The van der Waals surface area contributed by atoms with Crippen molar-refractivity contribution in [3.05, 3.63) is 29.8 Å². The van der Waals surface area contributed by atoms with Crippen LogP contribution in [0.3, 0.4) is 0 Å². The molecule has 0 aliphatic rings. The average molecular weight is 223 g/mol. The number of nitrogens with one attached hydrogen (secondary N) is 1. The van der Waals surface area contributed by atoms with Crippen LogP contribution in [0.5, 0.6) is 5.75 Å². The Morgan fingerprint density at radius 1 is 1.44 bits per heavy atom. The molecule has 88 valence electrons. The van der Waals surface area contributed by atoms with E-state index in [4.69, 9.17) is 4.74 Å². The summed E-state index contributed by atoms with van der Waals surface area (Å²) in [4.78, 5) is 10.9. The van der Waals surface area contributed by atoms with Gasteiger partial charge >= 0.3 is 0 Å². The van der Waals surface area contributed by atoms with E-state index in [1.54, 1.807) is 31.3 Å². The van der Waals surface area contributed by atoms with Gasteiger partial charge in [0.2, 0.25) is 0 Å². The number of ether oxygens (including phenoxy) is 1. The number of aliphatic hydroxyl groups is 1. The summed E-state index contributed by atoms with van der Waals surface area (Å²) >= 11 is 0. The standard InChI is InChI=1S/C12H17NO3/c1-3-11(14)9-4-6-10(7-5-9)16-8-12(15)13-2/h4-7,11,14H,3,8H2,1-2H3,(H,13,15)/t11-/m0/s1. The van der Waals surface area contributed by atoms with E-state index in [0.717, 1.165) is 5.56 Å². The number of amides is 1. The highest BCUT2D eigenvalue weighted by atomic mass is 16.5. The van der Waals surface area contributed by atoms with Gasteiger partial charge in [-0.25, -0.2) is 0 Å². The van der Waals surface area contributed by atoms with E-state index in [9.17, 15) is 9.90 Å². The Hall–Kier alpha value is -1.55. The molecule has 0 radical (unpaired) electrons. The molecule has 0 fully saturated rings. The van der Waals surface area contributed by atoms with Crippen LogP contribution in [0.1, 0.15) is 25.0 Å². The molecule has 0 bridgehead atoms. The molecule has 2 N–H and O–H groups in total.